The number of nitrogens with one attached hydrogen (secondary N) is 1. The number of Topliss-reactive ketones (excluding diaryl/α,β-unsaturated/α-hetero) is 1. The van der Waals surface area contributed by atoms with Crippen LogP contribution in [0.2, 0.25) is 5.02 Å². The van der Waals surface area contributed by atoms with E-state index in [4.69, 9.17) is 25.8 Å². The Labute approximate surface area is 176 Å². The predicted molar refractivity (Wildman–Crippen MR) is 115 cm³/mol. The average molecular weight is 416 g/mol. The quantitative estimate of drug-likeness (QED) is 0.698. The summed E-state index contributed by atoms with van der Waals surface area (Å²) >= 11 is 6.45. The van der Waals surface area contributed by atoms with Gasteiger partial charge < -0.3 is 19.5 Å². The molecule has 1 unspecified atom stereocenters. The van der Waals surface area contributed by atoms with Gasteiger partial charge in [0.2, 0.25) is 5.75 Å². The van der Waals surface area contributed by atoms with Crippen molar-refractivity contribution in [2.75, 3.05) is 28.4 Å². The van der Waals surface area contributed by atoms with Crippen LogP contribution in [0.4, 0.5) is 0 Å². The molecule has 3 rings (SSSR count). The summed E-state index contributed by atoms with van der Waals surface area (Å²) in [5, 5.41) is 3.85. The largest absolute Gasteiger partial charge is 0.493 e. The van der Waals surface area contributed by atoms with Crippen molar-refractivity contribution in [3.8, 4) is 17.2 Å². The maximum atomic E-state index is 13.6. The third-order valence-electron chi connectivity index (χ3n) is 5.47. The molecule has 0 bridgehead atoms. The summed E-state index contributed by atoms with van der Waals surface area (Å²) in [6, 6.07) is 11.2. The molecule has 0 amide bonds. The number of hydrogen-bond acceptors (Lipinski definition) is 5. The van der Waals surface area contributed by atoms with Gasteiger partial charge in [-0.15, -0.1) is 0 Å². The molecule has 154 valence electrons. The Morgan fingerprint density at radius 1 is 1.07 bits per heavy atom. The molecule has 1 saturated carbocycles. The summed E-state index contributed by atoms with van der Waals surface area (Å²) in [5.74, 6) is 1.65. The second-order valence-corrected chi connectivity index (χ2v) is 7.35. The van der Waals surface area contributed by atoms with Crippen LogP contribution >= 0.6 is 11.6 Å². The molecule has 0 spiro atoms. The zero-order chi connectivity index (χ0) is 21.0. The number of carbonyl (C=O) groups is 1. The molecule has 0 aliphatic heterocycles. The van der Waals surface area contributed by atoms with E-state index in [1.165, 1.54) is 0 Å². The molecule has 2 aromatic carbocycles. The average Bonchev–Trinajstić information content (AvgIpc) is 2.75. The highest BCUT2D eigenvalue weighted by atomic mass is 35.5. The summed E-state index contributed by atoms with van der Waals surface area (Å²) in [5.41, 5.74) is 1.53. The zero-order valence-corrected chi connectivity index (χ0v) is 17.9. The number of carbonyl (C=O) groups excluding carboxylic acids is 1. The molecule has 5 nitrogen and oxygen atoms in total. The third kappa shape index (κ3) is 3.85. The van der Waals surface area contributed by atoms with Gasteiger partial charge in [0.1, 0.15) is 5.54 Å². The van der Waals surface area contributed by atoms with Crippen LogP contribution in [0.3, 0.4) is 0 Å². The molecule has 1 aliphatic rings. The normalized spacial score (nSPS) is 20.6. The zero-order valence-electron chi connectivity index (χ0n) is 17.2. The number of ether oxygens (including phenoxy) is 3. The van der Waals surface area contributed by atoms with Gasteiger partial charge in [0.05, 0.1) is 21.3 Å². The highest BCUT2D eigenvalue weighted by Gasteiger charge is 2.43. The van der Waals surface area contributed by atoms with E-state index in [2.05, 4.69) is 5.32 Å². The summed E-state index contributed by atoms with van der Waals surface area (Å²) in [4.78, 5) is 13.6. The van der Waals surface area contributed by atoms with E-state index < -0.39 is 5.54 Å². The molecule has 29 heavy (non-hydrogen) atoms. The fraction of sp³-hybridized carbons (Fsp3) is 0.348. The fourth-order valence-electron chi connectivity index (χ4n) is 4.01. The topological polar surface area (TPSA) is 56.8 Å². The van der Waals surface area contributed by atoms with Crippen molar-refractivity contribution in [1.82, 2.24) is 5.32 Å². The van der Waals surface area contributed by atoms with Gasteiger partial charge in [-0.2, -0.15) is 0 Å². The Bertz CT molecular complexity index is 915. The van der Waals surface area contributed by atoms with Crippen LogP contribution in [0.1, 0.15) is 30.4 Å². The number of hydrogen-bond donors (Lipinski definition) is 1. The Balaban J connectivity index is 2.07. The standard InChI is InChI=1S/C23H26ClNO4/c1-25-23(17-9-5-6-10-18(17)24)11-7-8-16(22(23)26)12-15-13-19(27-2)21(29-4)20(14-15)28-3/h5-6,9-10,12-14,25H,7-8,11H2,1-4H3/b16-12+. The summed E-state index contributed by atoms with van der Waals surface area (Å²) in [6.07, 6.45) is 4.16. The van der Waals surface area contributed by atoms with E-state index in [0.29, 0.717) is 35.1 Å². The molecule has 0 saturated heterocycles. The van der Waals surface area contributed by atoms with Gasteiger partial charge in [0.25, 0.3) is 0 Å². The van der Waals surface area contributed by atoms with Gasteiger partial charge in [-0.05, 0) is 67.3 Å². The SMILES string of the molecule is CNC1(c2ccccc2Cl)CCC/C(=C\c2cc(OC)c(OC)c(OC)c2)C1=O. The maximum absolute atomic E-state index is 13.6. The number of rotatable bonds is 6. The van der Waals surface area contributed by atoms with Crippen LogP contribution in [-0.4, -0.2) is 34.2 Å². The minimum absolute atomic E-state index is 0.0353. The molecule has 0 aromatic heterocycles. The Morgan fingerprint density at radius 3 is 2.28 bits per heavy atom. The number of benzene rings is 2. The number of ketones is 1. The molecule has 1 aliphatic carbocycles. The lowest BCUT2D eigenvalue weighted by Crippen LogP contribution is -2.50. The van der Waals surface area contributed by atoms with Crippen molar-refractivity contribution >= 4 is 23.5 Å². The highest BCUT2D eigenvalue weighted by Crippen LogP contribution is 2.42. The molecule has 0 radical (unpaired) electrons. The van der Waals surface area contributed by atoms with Crippen LogP contribution in [-0.2, 0) is 10.3 Å². The van der Waals surface area contributed by atoms with E-state index in [0.717, 1.165) is 23.1 Å². The van der Waals surface area contributed by atoms with E-state index in [1.54, 1.807) is 21.3 Å². The Hall–Kier alpha value is -2.50. The monoisotopic (exact) mass is 415 g/mol. The predicted octanol–water partition coefficient (Wildman–Crippen LogP) is 4.62. The van der Waals surface area contributed by atoms with Crippen molar-refractivity contribution in [3.05, 3.63) is 58.1 Å². The lowest BCUT2D eigenvalue weighted by Gasteiger charge is -2.37. The van der Waals surface area contributed by atoms with Gasteiger partial charge in [0.15, 0.2) is 17.3 Å². The first-order chi connectivity index (χ1) is 14.0. The van der Waals surface area contributed by atoms with Crippen LogP contribution in [0.15, 0.2) is 42.0 Å². The van der Waals surface area contributed by atoms with E-state index in [9.17, 15) is 4.79 Å². The highest BCUT2D eigenvalue weighted by molar-refractivity contribution is 6.32. The van der Waals surface area contributed by atoms with E-state index in [1.807, 2.05) is 49.5 Å². The van der Waals surface area contributed by atoms with Crippen molar-refractivity contribution in [1.29, 1.82) is 0 Å². The van der Waals surface area contributed by atoms with Crippen LogP contribution in [0, 0.1) is 0 Å². The molecular weight excluding hydrogens is 390 g/mol. The van der Waals surface area contributed by atoms with Crippen molar-refractivity contribution < 1.29 is 19.0 Å². The summed E-state index contributed by atoms with van der Waals surface area (Å²) in [7, 11) is 6.52. The molecule has 1 fully saturated rings. The lowest BCUT2D eigenvalue weighted by atomic mass is 9.73. The summed E-state index contributed by atoms with van der Waals surface area (Å²) in [6.45, 7) is 0. The molecule has 1 atom stereocenters. The number of methoxy groups -OCH3 is 3. The van der Waals surface area contributed by atoms with Gasteiger partial charge in [-0.3, -0.25) is 4.79 Å². The minimum atomic E-state index is -0.830. The number of halogens is 1. The van der Waals surface area contributed by atoms with Gasteiger partial charge >= 0.3 is 0 Å². The summed E-state index contributed by atoms with van der Waals surface area (Å²) < 4.78 is 16.3. The van der Waals surface area contributed by atoms with Gasteiger partial charge in [0, 0.05) is 5.02 Å². The maximum Gasteiger partial charge on any atom is 0.203 e. The second-order valence-electron chi connectivity index (χ2n) is 6.95. The van der Waals surface area contributed by atoms with Crippen molar-refractivity contribution in [2.24, 2.45) is 0 Å². The first kappa shape index (κ1) is 21.2. The Morgan fingerprint density at radius 2 is 1.72 bits per heavy atom. The van der Waals surface area contributed by atoms with Crippen molar-refractivity contribution in [2.45, 2.75) is 24.8 Å². The molecule has 0 heterocycles. The van der Waals surface area contributed by atoms with Crippen LogP contribution in [0.25, 0.3) is 6.08 Å². The first-order valence-electron chi connectivity index (χ1n) is 9.50. The molecule has 1 N–H and O–H groups in total. The molecule has 2 aromatic rings. The fourth-order valence-corrected chi connectivity index (χ4v) is 4.30. The molecule has 6 heteroatoms. The van der Waals surface area contributed by atoms with Crippen molar-refractivity contribution in [3.63, 3.8) is 0 Å². The molecular formula is C23H26ClNO4. The van der Waals surface area contributed by atoms with E-state index >= 15 is 0 Å². The van der Waals surface area contributed by atoms with Crippen LogP contribution < -0.4 is 19.5 Å². The van der Waals surface area contributed by atoms with Crippen LogP contribution in [0.5, 0.6) is 17.2 Å². The lowest BCUT2D eigenvalue weighted by molar-refractivity contribution is -0.123. The number of likely N-dealkylation sites (N-methyl/N-ethyl adjacent to an activating group) is 1. The third-order valence-corrected chi connectivity index (χ3v) is 5.80. The Kier molecular flexibility index (Phi) is 6.50. The van der Waals surface area contributed by atoms with Gasteiger partial charge in [-0.1, -0.05) is 29.8 Å². The first-order valence-corrected chi connectivity index (χ1v) is 9.87. The smallest absolute Gasteiger partial charge is 0.203 e. The van der Waals surface area contributed by atoms with E-state index in [-0.39, 0.29) is 5.78 Å². The van der Waals surface area contributed by atoms with Gasteiger partial charge in [-0.25, -0.2) is 0 Å². The second kappa shape index (κ2) is 8.89. The minimum Gasteiger partial charge on any atom is -0.493 e.